The number of anilines is 1. The monoisotopic (exact) mass is 271 g/mol. The van der Waals surface area contributed by atoms with E-state index < -0.39 is 0 Å². The Labute approximate surface area is 117 Å². The lowest BCUT2D eigenvalue weighted by atomic mass is 10.0. The van der Waals surface area contributed by atoms with Crippen LogP contribution in [0, 0.1) is 0 Å². The Kier molecular flexibility index (Phi) is 3.73. The molecule has 1 unspecified atom stereocenters. The number of hydrogen-bond donors (Lipinski definition) is 2. The van der Waals surface area contributed by atoms with E-state index in [2.05, 4.69) is 20.7 Å². The second-order valence-electron chi connectivity index (χ2n) is 4.88. The molecule has 0 radical (unpaired) electrons. The lowest BCUT2D eigenvalue weighted by molar-refractivity contribution is -0.118. The van der Waals surface area contributed by atoms with E-state index in [0.29, 0.717) is 0 Å². The zero-order chi connectivity index (χ0) is 13.8. The molecule has 6 heteroatoms. The molecular weight excluding hydrogens is 254 g/mol. The van der Waals surface area contributed by atoms with Gasteiger partial charge in [0.15, 0.2) is 0 Å². The molecule has 1 aliphatic heterocycles. The Bertz CT molecular complexity index is 558. The van der Waals surface area contributed by atoms with Crippen LogP contribution in [0.3, 0.4) is 0 Å². The summed E-state index contributed by atoms with van der Waals surface area (Å²) in [4.78, 5) is 16.0. The van der Waals surface area contributed by atoms with Gasteiger partial charge < -0.3 is 10.6 Å². The summed E-state index contributed by atoms with van der Waals surface area (Å²) in [6.45, 7) is 0.920. The third kappa shape index (κ3) is 2.85. The number of carbonyl (C=O) groups is 1. The van der Waals surface area contributed by atoms with E-state index in [-0.39, 0.29) is 11.9 Å². The fourth-order valence-corrected chi connectivity index (χ4v) is 2.34. The van der Waals surface area contributed by atoms with E-state index in [4.69, 9.17) is 0 Å². The molecule has 3 rings (SSSR count). The second-order valence-corrected chi connectivity index (χ2v) is 4.88. The van der Waals surface area contributed by atoms with Crippen LogP contribution in [0.1, 0.15) is 19.3 Å². The van der Waals surface area contributed by atoms with Crippen molar-refractivity contribution >= 4 is 11.6 Å². The third-order valence-electron chi connectivity index (χ3n) is 3.44. The van der Waals surface area contributed by atoms with Gasteiger partial charge in [0.05, 0.1) is 11.7 Å². The van der Waals surface area contributed by atoms with Crippen molar-refractivity contribution in [2.45, 2.75) is 25.3 Å². The van der Waals surface area contributed by atoms with Crippen LogP contribution in [0.2, 0.25) is 0 Å². The highest BCUT2D eigenvalue weighted by molar-refractivity contribution is 5.94. The number of rotatable bonds is 3. The highest BCUT2D eigenvalue weighted by Gasteiger charge is 2.20. The summed E-state index contributed by atoms with van der Waals surface area (Å²) in [5.41, 5.74) is 1.71. The largest absolute Gasteiger partial charge is 0.325 e. The Hall–Kier alpha value is -2.21. The van der Waals surface area contributed by atoms with Crippen molar-refractivity contribution < 1.29 is 4.79 Å². The van der Waals surface area contributed by atoms with Gasteiger partial charge in [-0.25, -0.2) is 9.67 Å². The van der Waals surface area contributed by atoms with Gasteiger partial charge in [-0.3, -0.25) is 4.79 Å². The van der Waals surface area contributed by atoms with Gasteiger partial charge >= 0.3 is 0 Å². The van der Waals surface area contributed by atoms with Crippen molar-refractivity contribution in [3.63, 3.8) is 0 Å². The molecule has 2 N–H and O–H groups in total. The number of aromatic nitrogens is 3. The molecule has 2 aromatic rings. The van der Waals surface area contributed by atoms with E-state index in [1.54, 1.807) is 11.0 Å². The SMILES string of the molecule is O=C(Nc1ccc(-n2cncn2)cc1)C1CCCCN1. The smallest absolute Gasteiger partial charge is 0.241 e. The average molecular weight is 271 g/mol. The summed E-state index contributed by atoms with van der Waals surface area (Å²) < 4.78 is 1.67. The number of hydrogen-bond acceptors (Lipinski definition) is 4. The number of piperidine rings is 1. The van der Waals surface area contributed by atoms with E-state index in [1.165, 1.54) is 6.33 Å². The Morgan fingerprint density at radius 2 is 2.15 bits per heavy atom. The van der Waals surface area contributed by atoms with Crippen molar-refractivity contribution in [3.05, 3.63) is 36.9 Å². The van der Waals surface area contributed by atoms with Crippen molar-refractivity contribution in [1.29, 1.82) is 0 Å². The van der Waals surface area contributed by atoms with Crippen LogP contribution in [0.25, 0.3) is 5.69 Å². The number of amides is 1. The van der Waals surface area contributed by atoms with Gasteiger partial charge in [-0.2, -0.15) is 5.10 Å². The van der Waals surface area contributed by atoms with Gasteiger partial charge in [0.2, 0.25) is 5.91 Å². The maximum Gasteiger partial charge on any atom is 0.241 e. The van der Waals surface area contributed by atoms with Gasteiger partial charge in [0.1, 0.15) is 12.7 Å². The lowest BCUT2D eigenvalue weighted by Crippen LogP contribution is -2.43. The van der Waals surface area contributed by atoms with Gasteiger partial charge in [-0.1, -0.05) is 6.42 Å². The van der Waals surface area contributed by atoms with Crippen LogP contribution in [0.4, 0.5) is 5.69 Å². The van der Waals surface area contributed by atoms with E-state index in [0.717, 1.165) is 37.2 Å². The number of nitrogens with zero attached hydrogens (tertiary/aromatic N) is 3. The van der Waals surface area contributed by atoms with Gasteiger partial charge in [0, 0.05) is 5.69 Å². The summed E-state index contributed by atoms with van der Waals surface area (Å²) in [7, 11) is 0. The molecule has 104 valence electrons. The number of benzene rings is 1. The summed E-state index contributed by atoms with van der Waals surface area (Å²) in [6, 6.07) is 7.48. The van der Waals surface area contributed by atoms with Gasteiger partial charge in [-0.05, 0) is 43.7 Å². The van der Waals surface area contributed by atoms with Crippen LogP contribution >= 0.6 is 0 Å². The first-order chi connectivity index (χ1) is 9.83. The minimum Gasteiger partial charge on any atom is -0.325 e. The molecule has 1 fully saturated rings. The molecule has 0 saturated carbocycles. The molecule has 0 aliphatic carbocycles. The molecule has 20 heavy (non-hydrogen) atoms. The van der Waals surface area contributed by atoms with Gasteiger partial charge in [0.25, 0.3) is 0 Å². The zero-order valence-electron chi connectivity index (χ0n) is 11.1. The Morgan fingerprint density at radius 3 is 2.80 bits per heavy atom. The standard InChI is InChI=1S/C14H17N5O/c20-14(13-3-1-2-8-16-13)18-11-4-6-12(7-5-11)19-10-15-9-17-19/h4-7,9-10,13,16H,1-3,8H2,(H,18,20). The molecule has 1 saturated heterocycles. The van der Waals surface area contributed by atoms with E-state index in [1.807, 2.05) is 24.3 Å². The average Bonchev–Trinajstić information content (AvgIpc) is 3.03. The molecular formula is C14H17N5O. The molecule has 0 bridgehead atoms. The Morgan fingerprint density at radius 1 is 1.30 bits per heavy atom. The van der Waals surface area contributed by atoms with Crippen molar-refractivity contribution in [3.8, 4) is 5.69 Å². The van der Waals surface area contributed by atoms with Crippen LogP contribution in [0.15, 0.2) is 36.9 Å². The topological polar surface area (TPSA) is 71.8 Å². The second kappa shape index (κ2) is 5.83. The normalized spacial score (nSPS) is 18.7. The first kappa shape index (κ1) is 12.8. The predicted octanol–water partition coefficient (Wildman–Crippen LogP) is 1.35. The predicted molar refractivity (Wildman–Crippen MR) is 75.6 cm³/mol. The van der Waals surface area contributed by atoms with E-state index in [9.17, 15) is 4.79 Å². The van der Waals surface area contributed by atoms with Crippen LogP contribution in [0.5, 0.6) is 0 Å². The first-order valence-electron chi connectivity index (χ1n) is 6.82. The number of carbonyl (C=O) groups excluding carboxylic acids is 1. The van der Waals surface area contributed by atoms with E-state index >= 15 is 0 Å². The minimum atomic E-state index is -0.0706. The quantitative estimate of drug-likeness (QED) is 0.884. The van der Waals surface area contributed by atoms with Crippen molar-refractivity contribution in [1.82, 2.24) is 20.1 Å². The minimum absolute atomic E-state index is 0.0400. The maximum atomic E-state index is 12.1. The first-order valence-corrected chi connectivity index (χ1v) is 6.82. The fraction of sp³-hybridized carbons (Fsp3) is 0.357. The van der Waals surface area contributed by atoms with Crippen LogP contribution in [-0.2, 0) is 4.79 Å². The van der Waals surface area contributed by atoms with Crippen LogP contribution in [-0.4, -0.2) is 33.3 Å². The zero-order valence-corrected chi connectivity index (χ0v) is 11.1. The summed E-state index contributed by atoms with van der Waals surface area (Å²) in [5, 5.41) is 10.2. The molecule has 1 amide bonds. The molecule has 0 spiro atoms. The fourth-order valence-electron chi connectivity index (χ4n) is 2.34. The molecule has 1 aromatic heterocycles. The third-order valence-corrected chi connectivity index (χ3v) is 3.44. The summed E-state index contributed by atoms with van der Waals surface area (Å²) in [6.07, 6.45) is 6.29. The highest BCUT2D eigenvalue weighted by atomic mass is 16.2. The highest BCUT2D eigenvalue weighted by Crippen LogP contribution is 2.14. The van der Waals surface area contributed by atoms with Gasteiger partial charge in [-0.15, -0.1) is 0 Å². The lowest BCUT2D eigenvalue weighted by Gasteiger charge is -2.22. The molecule has 2 heterocycles. The maximum absolute atomic E-state index is 12.1. The molecule has 1 aliphatic rings. The summed E-state index contributed by atoms with van der Waals surface area (Å²) >= 11 is 0. The number of nitrogens with one attached hydrogen (secondary N) is 2. The Balaban J connectivity index is 1.64. The molecule has 6 nitrogen and oxygen atoms in total. The molecule has 1 aromatic carbocycles. The summed E-state index contributed by atoms with van der Waals surface area (Å²) in [5.74, 6) is 0.0400. The molecule has 1 atom stereocenters. The van der Waals surface area contributed by atoms with Crippen molar-refractivity contribution in [2.75, 3.05) is 11.9 Å². The van der Waals surface area contributed by atoms with Crippen LogP contribution < -0.4 is 10.6 Å². The van der Waals surface area contributed by atoms with Crippen molar-refractivity contribution in [2.24, 2.45) is 0 Å².